The van der Waals surface area contributed by atoms with Gasteiger partial charge >= 0.3 is 11.9 Å². The number of aliphatic carboxylic acids is 1. The van der Waals surface area contributed by atoms with E-state index in [1.54, 1.807) is 12.1 Å². The summed E-state index contributed by atoms with van der Waals surface area (Å²) >= 11 is 0. The Morgan fingerprint density at radius 3 is 2.27 bits per heavy atom. The van der Waals surface area contributed by atoms with Crippen LogP contribution in [-0.4, -0.2) is 30.8 Å². The maximum atomic E-state index is 11.6. The Bertz CT molecular complexity index is 750. The minimum atomic E-state index is -0.928. The SMILES string of the molecule is COC(=O)COc1c(C)cc(CN[C@@H](C(=O)O)c2ccccc2)cc1C. The molecule has 138 valence electrons. The van der Waals surface area contributed by atoms with E-state index in [4.69, 9.17) is 4.74 Å². The number of rotatable bonds is 8. The lowest BCUT2D eigenvalue weighted by molar-refractivity contribution is -0.143. The molecule has 0 aliphatic rings. The summed E-state index contributed by atoms with van der Waals surface area (Å²) in [7, 11) is 1.31. The summed E-state index contributed by atoms with van der Waals surface area (Å²) in [5.41, 5.74) is 3.38. The van der Waals surface area contributed by atoms with Crippen molar-refractivity contribution in [3.63, 3.8) is 0 Å². The molecule has 6 nitrogen and oxygen atoms in total. The number of carbonyl (C=O) groups is 2. The van der Waals surface area contributed by atoms with E-state index in [0.29, 0.717) is 17.9 Å². The van der Waals surface area contributed by atoms with Crippen LogP contribution in [0.3, 0.4) is 0 Å². The molecule has 0 aliphatic carbocycles. The van der Waals surface area contributed by atoms with Crippen molar-refractivity contribution in [2.24, 2.45) is 0 Å². The van der Waals surface area contributed by atoms with Gasteiger partial charge < -0.3 is 14.6 Å². The van der Waals surface area contributed by atoms with Gasteiger partial charge in [-0.2, -0.15) is 0 Å². The van der Waals surface area contributed by atoms with Gasteiger partial charge in [0.25, 0.3) is 0 Å². The van der Waals surface area contributed by atoms with Gasteiger partial charge in [-0.05, 0) is 36.1 Å². The van der Waals surface area contributed by atoms with Crippen LogP contribution in [-0.2, 0) is 20.9 Å². The van der Waals surface area contributed by atoms with Gasteiger partial charge in [0.15, 0.2) is 6.61 Å². The standard InChI is InChI=1S/C20H23NO5/c1-13-9-15(10-14(2)19(13)26-12-17(22)25-3)11-21-18(20(23)24)16-7-5-4-6-8-16/h4-10,18,21H,11-12H2,1-3H3,(H,23,24)/t18-/m1/s1. The van der Waals surface area contributed by atoms with E-state index in [9.17, 15) is 14.7 Å². The van der Waals surface area contributed by atoms with Crippen LogP contribution in [0.1, 0.15) is 28.3 Å². The molecular weight excluding hydrogens is 334 g/mol. The van der Waals surface area contributed by atoms with E-state index < -0.39 is 18.0 Å². The number of nitrogens with one attached hydrogen (secondary N) is 1. The quantitative estimate of drug-likeness (QED) is 0.707. The molecule has 2 aromatic carbocycles. The van der Waals surface area contributed by atoms with Crippen LogP contribution in [0, 0.1) is 13.8 Å². The van der Waals surface area contributed by atoms with Crippen LogP contribution in [0.5, 0.6) is 5.75 Å². The summed E-state index contributed by atoms with van der Waals surface area (Å²) in [6, 6.07) is 12.1. The van der Waals surface area contributed by atoms with Gasteiger partial charge in [0.2, 0.25) is 0 Å². The van der Waals surface area contributed by atoms with Crippen LogP contribution < -0.4 is 10.1 Å². The first-order valence-corrected chi connectivity index (χ1v) is 8.23. The second-order valence-electron chi connectivity index (χ2n) is 5.99. The number of carbonyl (C=O) groups excluding carboxylic acids is 1. The topological polar surface area (TPSA) is 84.9 Å². The van der Waals surface area contributed by atoms with Crippen molar-refractivity contribution in [1.82, 2.24) is 5.32 Å². The number of hydrogen-bond donors (Lipinski definition) is 2. The number of aryl methyl sites for hydroxylation is 2. The zero-order valence-electron chi connectivity index (χ0n) is 15.1. The molecule has 0 fully saturated rings. The molecule has 0 saturated carbocycles. The first-order valence-electron chi connectivity index (χ1n) is 8.23. The maximum Gasteiger partial charge on any atom is 0.343 e. The first-order chi connectivity index (χ1) is 12.4. The largest absolute Gasteiger partial charge is 0.481 e. The van der Waals surface area contributed by atoms with Crippen LogP contribution in [0.2, 0.25) is 0 Å². The molecule has 2 aromatic rings. The molecule has 0 bridgehead atoms. The molecular formula is C20H23NO5. The van der Waals surface area contributed by atoms with Crippen molar-refractivity contribution in [3.05, 3.63) is 64.7 Å². The zero-order chi connectivity index (χ0) is 19.1. The summed E-state index contributed by atoms with van der Waals surface area (Å²) in [5.74, 6) is -0.735. The Balaban J connectivity index is 2.09. The molecule has 0 heterocycles. The zero-order valence-corrected chi connectivity index (χ0v) is 15.1. The third-order valence-corrected chi connectivity index (χ3v) is 3.97. The van der Waals surface area contributed by atoms with E-state index in [2.05, 4.69) is 10.1 Å². The Morgan fingerprint density at radius 1 is 1.12 bits per heavy atom. The third-order valence-electron chi connectivity index (χ3n) is 3.97. The number of benzene rings is 2. The lowest BCUT2D eigenvalue weighted by Gasteiger charge is -2.17. The third kappa shape index (κ3) is 5.07. The number of methoxy groups -OCH3 is 1. The Hall–Kier alpha value is -2.86. The van der Waals surface area contributed by atoms with E-state index in [-0.39, 0.29) is 6.61 Å². The van der Waals surface area contributed by atoms with Gasteiger partial charge in [0.1, 0.15) is 11.8 Å². The van der Waals surface area contributed by atoms with Crippen molar-refractivity contribution in [2.45, 2.75) is 26.4 Å². The highest BCUT2D eigenvalue weighted by molar-refractivity contribution is 5.75. The van der Waals surface area contributed by atoms with E-state index in [1.807, 2.05) is 44.2 Å². The number of esters is 1. The van der Waals surface area contributed by atoms with Crippen molar-refractivity contribution < 1.29 is 24.2 Å². The second-order valence-corrected chi connectivity index (χ2v) is 5.99. The molecule has 0 aromatic heterocycles. The molecule has 1 atom stereocenters. The fourth-order valence-corrected chi connectivity index (χ4v) is 2.77. The molecule has 0 amide bonds. The van der Waals surface area contributed by atoms with Crippen LogP contribution in [0.25, 0.3) is 0 Å². The van der Waals surface area contributed by atoms with Crippen LogP contribution >= 0.6 is 0 Å². The minimum Gasteiger partial charge on any atom is -0.481 e. The lowest BCUT2D eigenvalue weighted by atomic mass is 10.0. The molecule has 0 aliphatic heterocycles. The number of hydrogen-bond acceptors (Lipinski definition) is 5. The van der Waals surface area contributed by atoms with E-state index >= 15 is 0 Å². The smallest absolute Gasteiger partial charge is 0.343 e. The first kappa shape index (κ1) is 19.5. The highest BCUT2D eigenvalue weighted by Crippen LogP contribution is 2.25. The van der Waals surface area contributed by atoms with Crippen molar-refractivity contribution in [3.8, 4) is 5.75 Å². The van der Waals surface area contributed by atoms with Gasteiger partial charge in [-0.25, -0.2) is 4.79 Å². The molecule has 26 heavy (non-hydrogen) atoms. The molecule has 0 unspecified atom stereocenters. The molecule has 0 saturated heterocycles. The maximum absolute atomic E-state index is 11.6. The fraction of sp³-hybridized carbons (Fsp3) is 0.300. The monoisotopic (exact) mass is 357 g/mol. The normalized spacial score (nSPS) is 11.7. The fourth-order valence-electron chi connectivity index (χ4n) is 2.77. The van der Waals surface area contributed by atoms with E-state index in [1.165, 1.54) is 7.11 Å². The second kappa shape index (κ2) is 9.01. The van der Waals surface area contributed by atoms with Gasteiger partial charge in [0.05, 0.1) is 7.11 Å². The highest BCUT2D eigenvalue weighted by atomic mass is 16.6. The van der Waals surface area contributed by atoms with Gasteiger partial charge in [0, 0.05) is 6.54 Å². The van der Waals surface area contributed by atoms with Gasteiger partial charge in [-0.1, -0.05) is 42.5 Å². The van der Waals surface area contributed by atoms with E-state index in [0.717, 1.165) is 16.7 Å². The summed E-state index contributed by atoms with van der Waals surface area (Å²) in [4.78, 5) is 22.8. The van der Waals surface area contributed by atoms with Crippen molar-refractivity contribution in [1.29, 1.82) is 0 Å². The lowest BCUT2D eigenvalue weighted by Crippen LogP contribution is -2.28. The Kier molecular flexibility index (Phi) is 6.74. The van der Waals surface area contributed by atoms with Crippen LogP contribution in [0.4, 0.5) is 0 Å². The summed E-state index contributed by atoms with van der Waals surface area (Å²) in [6.45, 7) is 4.01. The summed E-state index contributed by atoms with van der Waals surface area (Å²) < 4.78 is 10.1. The number of ether oxygens (including phenoxy) is 2. The number of carboxylic acid groups (broad SMARTS) is 1. The van der Waals surface area contributed by atoms with Crippen molar-refractivity contribution in [2.75, 3.05) is 13.7 Å². The molecule has 6 heteroatoms. The Morgan fingerprint density at radius 2 is 1.73 bits per heavy atom. The average molecular weight is 357 g/mol. The number of carboxylic acids is 1. The van der Waals surface area contributed by atoms with Gasteiger partial charge in [-0.15, -0.1) is 0 Å². The minimum absolute atomic E-state index is 0.148. The Labute approximate surface area is 152 Å². The highest BCUT2D eigenvalue weighted by Gasteiger charge is 2.19. The predicted molar refractivity (Wildman–Crippen MR) is 97.1 cm³/mol. The van der Waals surface area contributed by atoms with Gasteiger partial charge in [-0.3, -0.25) is 10.1 Å². The molecule has 0 spiro atoms. The molecule has 2 rings (SSSR count). The summed E-state index contributed by atoms with van der Waals surface area (Å²) in [5, 5.41) is 12.5. The molecule has 0 radical (unpaired) electrons. The van der Waals surface area contributed by atoms with Crippen LogP contribution in [0.15, 0.2) is 42.5 Å². The summed E-state index contributed by atoms with van der Waals surface area (Å²) in [6.07, 6.45) is 0. The predicted octanol–water partition coefficient (Wildman–Crippen LogP) is 2.77. The average Bonchev–Trinajstić information content (AvgIpc) is 2.61. The molecule has 2 N–H and O–H groups in total. The van der Waals surface area contributed by atoms with Crippen molar-refractivity contribution >= 4 is 11.9 Å².